The van der Waals surface area contributed by atoms with Gasteiger partial charge in [-0.25, -0.2) is 0 Å². The van der Waals surface area contributed by atoms with Crippen molar-refractivity contribution in [2.45, 2.75) is 6.42 Å². The Morgan fingerprint density at radius 2 is 1.67 bits per heavy atom. The molecule has 0 N–H and O–H groups in total. The molecule has 0 unspecified atom stereocenters. The molecule has 1 aliphatic heterocycles. The van der Waals surface area contributed by atoms with E-state index in [1.807, 2.05) is 6.07 Å². The molecule has 0 amide bonds. The molecule has 2 aromatic heterocycles. The third-order valence-corrected chi connectivity index (χ3v) is 4.47. The first-order valence-electron chi connectivity index (χ1n) is 9.00. The second-order valence-corrected chi connectivity index (χ2v) is 6.36. The zero-order chi connectivity index (χ0) is 20.5. The highest BCUT2D eigenvalue weighted by atomic mass is 16.7. The number of rotatable bonds is 6. The minimum Gasteiger partial charge on any atom is -0.497 e. The summed E-state index contributed by atoms with van der Waals surface area (Å²) >= 11 is 0. The van der Waals surface area contributed by atoms with E-state index in [9.17, 15) is 0 Å². The van der Waals surface area contributed by atoms with Crippen molar-refractivity contribution >= 4 is 0 Å². The lowest BCUT2D eigenvalue weighted by Gasteiger charge is -2.05. The maximum atomic E-state index is 5.75. The minimum absolute atomic E-state index is 0.200. The van der Waals surface area contributed by atoms with Gasteiger partial charge in [0.05, 0.1) is 14.2 Å². The van der Waals surface area contributed by atoms with Crippen molar-refractivity contribution in [1.29, 1.82) is 0 Å². The van der Waals surface area contributed by atoms with Crippen LogP contribution >= 0.6 is 0 Å². The van der Waals surface area contributed by atoms with Crippen LogP contribution < -0.4 is 18.9 Å². The normalized spacial score (nSPS) is 12.2. The highest BCUT2D eigenvalue weighted by molar-refractivity contribution is 5.61. The molecule has 0 atom stereocenters. The molecule has 10 nitrogen and oxygen atoms in total. The zero-order valence-corrected chi connectivity index (χ0v) is 16.1. The summed E-state index contributed by atoms with van der Waals surface area (Å²) in [6.45, 7) is 0.203. The van der Waals surface area contributed by atoms with Crippen molar-refractivity contribution in [3.05, 3.63) is 48.2 Å². The summed E-state index contributed by atoms with van der Waals surface area (Å²) in [5, 5.41) is 12.2. The van der Waals surface area contributed by atoms with Gasteiger partial charge >= 0.3 is 0 Å². The van der Waals surface area contributed by atoms with Crippen LogP contribution in [0.2, 0.25) is 0 Å². The summed E-state index contributed by atoms with van der Waals surface area (Å²) in [6.07, 6.45) is 0.200. The summed E-state index contributed by atoms with van der Waals surface area (Å²) in [5.41, 5.74) is 1.43. The molecule has 4 aromatic rings. The second kappa shape index (κ2) is 7.39. The molecule has 0 radical (unpaired) electrons. The molecule has 3 heterocycles. The van der Waals surface area contributed by atoms with Crippen LogP contribution in [-0.2, 0) is 6.42 Å². The molecular formula is C20H16N4O6. The van der Waals surface area contributed by atoms with Crippen LogP contribution in [0.25, 0.3) is 22.8 Å². The van der Waals surface area contributed by atoms with E-state index >= 15 is 0 Å². The second-order valence-electron chi connectivity index (χ2n) is 6.36. The molecule has 5 rings (SSSR count). The SMILES string of the molecule is COc1cc(OC)cc(-c2nnc(Cc3nc(-c4ccc5c(c4)OCO5)no3)o2)c1. The van der Waals surface area contributed by atoms with E-state index in [1.54, 1.807) is 44.6 Å². The van der Waals surface area contributed by atoms with Gasteiger partial charge in [-0.1, -0.05) is 5.16 Å². The molecule has 10 heteroatoms. The van der Waals surface area contributed by atoms with E-state index in [2.05, 4.69) is 20.3 Å². The molecule has 0 saturated carbocycles. The highest BCUT2D eigenvalue weighted by Gasteiger charge is 2.18. The van der Waals surface area contributed by atoms with Gasteiger partial charge in [0, 0.05) is 17.2 Å². The summed E-state index contributed by atoms with van der Waals surface area (Å²) in [6, 6.07) is 10.8. The van der Waals surface area contributed by atoms with E-state index in [4.69, 9.17) is 27.9 Å². The van der Waals surface area contributed by atoms with Gasteiger partial charge in [0.2, 0.25) is 30.3 Å². The van der Waals surface area contributed by atoms with E-state index in [-0.39, 0.29) is 13.2 Å². The Kier molecular flexibility index (Phi) is 4.43. The maximum absolute atomic E-state index is 5.75. The van der Waals surface area contributed by atoms with Crippen molar-refractivity contribution < 1.29 is 27.9 Å². The largest absolute Gasteiger partial charge is 0.497 e. The fourth-order valence-corrected chi connectivity index (χ4v) is 2.98. The minimum atomic E-state index is 0.200. The molecular weight excluding hydrogens is 392 g/mol. The predicted molar refractivity (Wildman–Crippen MR) is 102 cm³/mol. The molecule has 0 bridgehead atoms. The van der Waals surface area contributed by atoms with Crippen LogP contribution in [-0.4, -0.2) is 41.4 Å². The number of fused-ring (bicyclic) bond motifs is 1. The number of benzene rings is 2. The van der Waals surface area contributed by atoms with Gasteiger partial charge < -0.3 is 27.9 Å². The van der Waals surface area contributed by atoms with Crippen LogP contribution in [0.3, 0.4) is 0 Å². The molecule has 1 aliphatic rings. The number of methoxy groups -OCH3 is 2. The van der Waals surface area contributed by atoms with Crippen LogP contribution in [0.1, 0.15) is 11.8 Å². The molecule has 0 spiro atoms. The highest BCUT2D eigenvalue weighted by Crippen LogP contribution is 2.35. The van der Waals surface area contributed by atoms with E-state index in [0.29, 0.717) is 52.1 Å². The van der Waals surface area contributed by atoms with Crippen LogP contribution in [0.15, 0.2) is 45.3 Å². The first-order valence-corrected chi connectivity index (χ1v) is 9.00. The lowest BCUT2D eigenvalue weighted by Crippen LogP contribution is -1.92. The fraction of sp³-hybridized carbons (Fsp3) is 0.200. The van der Waals surface area contributed by atoms with Gasteiger partial charge in [0.25, 0.3) is 0 Å². The van der Waals surface area contributed by atoms with Gasteiger partial charge in [0.1, 0.15) is 17.9 Å². The van der Waals surface area contributed by atoms with Crippen molar-refractivity contribution in [3.8, 4) is 45.8 Å². The lowest BCUT2D eigenvalue weighted by molar-refractivity contribution is 0.174. The standard InChI is InChI=1S/C20H16N4O6/c1-25-13-5-12(6-14(8-13)26-2)20-23-22-18(29-20)9-17-21-19(24-30-17)11-3-4-15-16(7-11)28-10-27-15/h3-8H,9-10H2,1-2H3. The third kappa shape index (κ3) is 3.39. The number of aromatic nitrogens is 4. The van der Waals surface area contributed by atoms with E-state index < -0.39 is 0 Å². The van der Waals surface area contributed by atoms with Crippen LogP contribution in [0.5, 0.6) is 23.0 Å². The monoisotopic (exact) mass is 408 g/mol. The number of hydrogen-bond donors (Lipinski definition) is 0. The molecule has 152 valence electrons. The first kappa shape index (κ1) is 18.0. The molecule has 0 aliphatic carbocycles. The van der Waals surface area contributed by atoms with Gasteiger partial charge in [-0.05, 0) is 30.3 Å². The lowest BCUT2D eigenvalue weighted by atomic mass is 10.2. The Labute approximate surface area is 170 Å². The Hall–Kier alpha value is -4.08. The quantitative estimate of drug-likeness (QED) is 0.471. The Balaban J connectivity index is 1.35. The summed E-state index contributed by atoms with van der Waals surface area (Å²) in [5.74, 6) is 4.03. The average Bonchev–Trinajstić information content (AvgIpc) is 3.54. The van der Waals surface area contributed by atoms with Crippen molar-refractivity contribution in [1.82, 2.24) is 20.3 Å². The Bertz CT molecular complexity index is 1180. The smallest absolute Gasteiger partial charge is 0.248 e. The predicted octanol–water partition coefficient (Wildman–Crippen LogP) is 3.12. The van der Waals surface area contributed by atoms with Crippen molar-refractivity contribution in [3.63, 3.8) is 0 Å². The molecule has 0 saturated heterocycles. The number of hydrogen-bond acceptors (Lipinski definition) is 10. The fourth-order valence-electron chi connectivity index (χ4n) is 2.98. The third-order valence-electron chi connectivity index (χ3n) is 4.47. The molecule has 0 fully saturated rings. The zero-order valence-electron chi connectivity index (χ0n) is 16.1. The molecule has 30 heavy (non-hydrogen) atoms. The van der Waals surface area contributed by atoms with Crippen LogP contribution in [0.4, 0.5) is 0 Å². The van der Waals surface area contributed by atoms with Gasteiger partial charge in [-0.2, -0.15) is 4.98 Å². The Morgan fingerprint density at radius 1 is 0.867 bits per heavy atom. The van der Waals surface area contributed by atoms with E-state index in [0.717, 1.165) is 5.56 Å². The summed E-state index contributed by atoms with van der Waals surface area (Å²) in [7, 11) is 3.15. The molecule has 2 aromatic carbocycles. The topological polar surface area (TPSA) is 115 Å². The van der Waals surface area contributed by atoms with Crippen molar-refractivity contribution in [2.24, 2.45) is 0 Å². The van der Waals surface area contributed by atoms with Crippen molar-refractivity contribution in [2.75, 3.05) is 21.0 Å². The summed E-state index contributed by atoms with van der Waals surface area (Å²) < 4.78 is 32.3. The summed E-state index contributed by atoms with van der Waals surface area (Å²) in [4.78, 5) is 4.40. The van der Waals surface area contributed by atoms with Gasteiger partial charge in [0.15, 0.2) is 11.5 Å². The van der Waals surface area contributed by atoms with Gasteiger partial charge in [-0.3, -0.25) is 0 Å². The van der Waals surface area contributed by atoms with E-state index in [1.165, 1.54) is 0 Å². The van der Waals surface area contributed by atoms with Gasteiger partial charge in [-0.15, -0.1) is 10.2 Å². The maximum Gasteiger partial charge on any atom is 0.248 e. The van der Waals surface area contributed by atoms with Crippen LogP contribution in [0, 0.1) is 0 Å². The Morgan fingerprint density at radius 3 is 2.47 bits per heavy atom. The number of nitrogens with zero attached hydrogens (tertiary/aromatic N) is 4. The number of ether oxygens (including phenoxy) is 4. The average molecular weight is 408 g/mol. The first-order chi connectivity index (χ1) is 14.7.